The van der Waals surface area contributed by atoms with E-state index in [1.54, 1.807) is 30.3 Å². The lowest BCUT2D eigenvalue weighted by Gasteiger charge is -2.12. The largest absolute Gasteiger partial charge is 0.456 e. The Balaban J connectivity index is 2.41. The second kappa shape index (κ2) is 6.56. The Bertz CT molecular complexity index is 438. The average Bonchev–Trinajstić information content (AvgIpc) is 2.36. The highest BCUT2D eigenvalue weighted by Crippen LogP contribution is 2.03. The highest BCUT2D eigenvalue weighted by atomic mass is 16.7. The third-order valence-electron chi connectivity index (χ3n) is 1.96. The first-order valence-electron chi connectivity index (χ1n) is 5.27. The minimum absolute atomic E-state index is 0.205. The summed E-state index contributed by atoms with van der Waals surface area (Å²) in [6.07, 6.45) is -1.50. The van der Waals surface area contributed by atoms with Crippen molar-refractivity contribution in [2.24, 2.45) is 0 Å². The van der Waals surface area contributed by atoms with Gasteiger partial charge in [0.2, 0.25) is 6.29 Å². The molecule has 0 aliphatic heterocycles. The van der Waals surface area contributed by atoms with Gasteiger partial charge in [0, 0.05) is 5.57 Å². The van der Waals surface area contributed by atoms with Gasteiger partial charge in [0.1, 0.15) is 0 Å². The van der Waals surface area contributed by atoms with E-state index in [1.807, 2.05) is 0 Å². The molecule has 5 heteroatoms. The molecule has 0 heterocycles. The van der Waals surface area contributed by atoms with Crippen molar-refractivity contribution in [1.82, 2.24) is 0 Å². The Hall–Kier alpha value is -2.14. The third-order valence-corrected chi connectivity index (χ3v) is 1.96. The van der Waals surface area contributed by atoms with Crippen LogP contribution < -0.4 is 0 Å². The molecule has 1 rings (SSSR count). The summed E-state index contributed by atoms with van der Waals surface area (Å²) in [5, 5.41) is 9.36. The van der Waals surface area contributed by atoms with Crippen molar-refractivity contribution in [1.29, 1.82) is 0 Å². The van der Waals surface area contributed by atoms with Crippen LogP contribution in [0.15, 0.2) is 42.5 Å². The number of aliphatic hydroxyl groups excluding tert-OH is 1. The summed E-state index contributed by atoms with van der Waals surface area (Å²) in [6, 6.07) is 8.19. The lowest BCUT2D eigenvalue weighted by molar-refractivity contribution is -0.152. The Morgan fingerprint density at radius 3 is 2.50 bits per heavy atom. The van der Waals surface area contributed by atoms with Crippen molar-refractivity contribution in [2.45, 2.75) is 13.2 Å². The maximum atomic E-state index is 11.5. The molecule has 0 aliphatic carbocycles. The Morgan fingerprint density at radius 1 is 1.33 bits per heavy atom. The number of aliphatic hydroxyl groups is 1. The van der Waals surface area contributed by atoms with E-state index in [0.29, 0.717) is 5.56 Å². The molecule has 0 aliphatic rings. The first kappa shape index (κ1) is 13.9. The molecule has 0 radical (unpaired) electrons. The number of benzene rings is 1. The van der Waals surface area contributed by atoms with Gasteiger partial charge in [0.15, 0.2) is 6.61 Å². The molecular formula is C13H14O5. The van der Waals surface area contributed by atoms with Gasteiger partial charge >= 0.3 is 11.9 Å². The molecule has 96 valence electrons. The van der Waals surface area contributed by atoms with Gasteiger partial charge in [-0.3, -0.25) is 0 Å². The SMILES string of the molecule is C=C(C)C(=O)OCC(O)OC(=O)c1ccccc1. The number of ether oxygens (including phenoxy) is 2. The molecule has 0 saturated carbocycles. The zero-order valence-corrected chi connectivity index (χ0v) is 9.96. The van der Waals surface area contributed by atoms with Crippen LogP contribution in [0.3, 0.4) is 0 Å². The van der Waals surface area contributed by atoms with Gasteiger partial charge in [-0.05, 0) is 19.1 Å². The Kier molecular flexibility index (Phi) is 5.07. The molecule has 0 aromatic heterocycles. The fourth-order valence-corrected chi connectivity index (χ4v) is 1.07. The lowest BCUT2D eigenvalue weighted by Crippen LogP contribution is -2.25. The van der Waals surface area contributed by atoms with E-state index in [4.69, 9.17) is 0 Å². The lowest BCUT2D eigenvalue weighted by atomic mass is 10.2. The molecule has 1 unspecified atom stereocenters. The average molecular weight is 250 g/mol. The van der Waals surface area contributed by atoms with Gasteiger partial charge in [-0.2, -0.15) is 0 Å². The van der Waals surface area contributed by atoms with E-state index >= 15 is 0 Å². The third kappa shape index (κ3) is 4.39. The molecule has 5 nitrogen and oxygen atoms in total. The van der Waals surface area contributed by atoms with E-state index in [1.165, 1.54) is 6.92 Å². The van der Waals surface area contributed by atoms with Crippen LogP contribution in [-0.2, 0) is 14.3 Å². The molecule has 0 bridgehead atoms. The molecule has 1 atom stereocenters. The van der Waals surface area contributed by atoms with Crippen molar-refractivity contribution in [2.75, 3.05) is 6.61 Å². The smallest absolute Gasteiger partial charge is 0.340 e. The molecule has 1 aromatic rings. The summed E-state index contributed by atoms with van der Waals surface area (Å²) in [4.78, 5) is 22.5. The van der Waals surface area contributed by atoms with Crippen molar-refractivity contribution in [3.63, 3.8) is 0 Å². The van der Waals surface area contributed by atoms with E-state index in [0.717, 1.165) is 0 Å². The van der Waals surface area contributed by atoms with E-state index in [9.17, 15) is 14.7 Å². The van der Waals surface area contributed by atoms with Crippen LogP contribution in [-0.4, -0.2) is 29.9 Å². The maximum Gasteiger partial charge on any atom is 0.340 e. The molecule has 0 amide bonds. The predicted molar refractivity (Wildman–Crippen MR) is 63.6 cm³/mol. The fraction of sp³-hybridized carbons (Fsp3) is 0.231. The molecule has 1 aromatic carbocycles. The first-order chi connectivity index (χ1) is 8.50. The number of hydrogen-bond donors (Lipinski definition) is 1. The van der Waals surface area contributed by atoms with Crippen molar-refractivity contribution in [3.05, 3.63) is 48.0 Å². The normalized spacial score (nSPS) is 11.4. The van der Waals surface area contributed by atoms with Crippen molar-refractivity contribution < 1.29 is 24.2 Å². The molecule has 1 N–H and O–H groups in total. The van der Waals surface area contributed by atoms with Gasteiger partial charge in [-0.25, -0.2) is 9.59 Å². The van der Waals surface area contributed by atoms with Gasteiger partial charge in [0.05, 0.1) is 5.56 Å². The number of carbonyl (C=O) groups excluding carboxylic acids is 2. The zero-order valence-electron chi connectivity index (χ0n) is 9.96. The highest BCUT2D eigenvalue weighted by Gasteiger charge is 2.15. The number of hydrogen-bond acceptors (Lipinski definition) is 5. The summed E-state index contributed by atoms with van der Waals surface area (Å²) < 4.78 is 9.31. The van der Waals surface area contributed by atoms with Crippen LogP contribution in [0.4, 0.5) is 0 Å². The Morgan fingerprint density at radius 2 is 1.94 bits per heavy atom. The van der Waals surface area contributed by atoms with Crippen LogP contribution in [0.25, 0.3) is 0 Å². The van der Waals surface area contributed by atoms with Crippen molar-refractivity contribution in [3.8, 4) is 0 Å². The van der Waals surface area contributed by atoms with Gasteiger partial charge in [-0.1, -0.05) is 24.8 Å². The molecule has 0 fully saturated rings. The zero-order chi connectivity index (χ0) is 13.5. The minimum Gasteiger partial charge on any atom is -0.456 e. The van der Waals surface area contributed by atoms with Gasteiger partial charge in [-0.15, -0.1) is 0 Å². The molecule has 18 heavy (non-hydrogen) atoms. The van der Waals surface area contributed by atoms with Crippen molar-refractivity contribution >= 4 is 11.9 Å². The summed E-state index contributed by atoms with van der Waals surface area (Å²) in [5.74, 6) is -1.33. The fourth-order valence-electron chi connectivity index (χ4n) is 1.07. The minimum atomic E-state index is -1.50. The van der Waals surface area contributed by atoms with Crippen LogP contribution in [0.1, 0.15) is 17.3 Å². The topological polar surface area (TPSA) is 72.8 Å². The van der Waals surface area contributed by atoms with E-state index < -0.39 is 24.8 Å². The summed E-state index contributed by atoms with van der Waals surface area (Å²) in [7, 11) is 0. The second-order valence-electron chi connectivity index (χ2n) is 3.60. The molecular weight excluding hydrogens is 236 g/mol. The highest BCUT2D eigenvalue weighted by molar-refractivity contribution is 5.89. The van der Waals surface area contributed by atoms with Crippen LogP contribution in [0.2, 0.25) is 0 Å². The summed E-state index contributed by atoms with van der Waals surface area (Å²) in [5.41, 5.74) is 0.513. The predicted octanol–water partition coefficient (Wildman–Crippen LogP) is 1.28. The first-order valence-corrected chi connectivity index (χ1v) is 5.27. The quantitative estimate of drug-likeness (QED) is 0.484. The molecule has 0 spiro atoms. The maximum absolute atomic E-state index is 11.5. The second-order valence-corrected chi connectivity index (χ2v) is 3.60. The van der Waals surface area contributed by atoms with E-state index in [-0.39, 0.29) is 5.57 Å². The number of esters is 2. The van der Waals surface area contributed by atoms with Crippen LogP contribution in [0.5, 0.6) is 0 Å². The monoisotopic (exact) mass is 250 g/mol. The number of rotatable bonds is 5. The number of carbonyl (C=O) groups is 2. The Labute approximate surface area is 105 Å². The van der Waals surface area contributed by atoms with Crippen LogP contribution in [0, 0.1) is 0 Å². The van der Waals surface area contributed by atoms with Crippen LogP contribution >= 0.6 is 0 Å². The molecule has 0 saturated heterocycles. The van der Waals surface area contributed by atoms with Gasteiger partial charge in [0.25, 0.3) is 0 Å². The van der Waals surface area contributed by atoms with Gasteiger partial charge < -0.3 is 14.6 Å². The summed E-state index contributed by atoms with van der Waals surface area (Å²) >= 11 is 0. The van der Waals surface area contributed by atoms with E-state index in [2.05, 4.69) is 16.1 Å². The standard InChI is InChI=1S/C13H14O5/c1-9(2)12(15)17-8-11(14)18-13(16)10-6-4-3-5-7-10/h3-7,11,14H,1,8H2,2H3. The summed E-state index contributed by atoms with van der Waals surface area (Å²) in [6.45, 7) is 4.43.